The molecule has 0 bridgehead atoms. The van der Waals surface area contributed by atoms with Gasteiger partial charge in [-0.15, -0.1) is 0 Å². The number of hydrogen-bond acceptors (Lipinski definition) is 1. The van der Waals surface area contributed by atoms with Gasteiger partial charge in [-0.3, -0.25) is 0 Å². The molecule has 2 saturated carbocycles. The molecule has 12 heavy (non-hydrogen) atoms. The summed E-state index contributed by atoms with van der Waals surface area (Å²) in [5.74, 6) is 0.991. The molecule has 2 unspecified atom stereocenters. The number of hydrogen-bond donors (Lipinski definition) is 1. The van der Waals surface area contributed by atoms with Crippen molar-refractivity contribution in [3.8, 4) is 0 Å². The molecule has 70 valence electrons. The molecule has 1 N–H and O–H groups in total. The zero-order valence-corrected chi connectivity index (χ0v) is 8.40. The van der Waals surface area contributed by atoms with Gasteiger partial charge in [-0.2, -0.15) is 0 Å². The van der Waals surface area contributed by atoms with E-state index in [1.807, 2.05) is 0 Å². The lowest BCUT2D eigenvalue weighted by Gasteiger charge is -2.50. The average Bonchev–Trinajstić information content (AvgIpc) is 2.52. The topological polar surface area (TPSA) is 12.0 Å². The summed E-state index contributed by atoms with van der Waals surface area (Å²) < 4.78 is 0. The van der Waals surface area contributed by atoms with Gasteiger partial charge in [0.25, 0.3) is 0 Å². The summed E-state index contributed by atoms with van der Waals surface area (Å²) >= 11 is 0. The van der Waals surface area contributed by atoms with E-state index in [-0.39, 0.29) is 0 Å². The van der Waals surface area contributed by atoms with Gasteiger partial charge in [-0.05, 0) is 51.0 Å². The largest absolute Gasteiger partial charge is 0.317 e. The van der Waals surface area contributed by atoms with Gasteiger partial charge in [0, 0.05) is 6.04 Å². The molecule has 2 atom stereocenters. The highest BCUT2D eigenvalue weighted by Crippen LogP contribution is 2.58. The second kappa shape index (κ2) is 3.02. The van der Waals surface area contributed by atoms with E-state index in [0.29, 0.717) is 0 Å². The number of rotatable bonds is 2. The Hall–Kier alpha value is -0.0400. The minimum atomic E-state index is 0.747. The Morgan fingerprint density at radius 1 is 1.25 bits per heavy atom. The predicted molar refractivity (Wildman–Crippen MR) is 52.1 cm³/mol. The van der Waals surface area contributed by atoms with Crippen LogP contribution in [0.3, 0.4) is 0 Å². The van der Waals surface area contributed by atoms with Gasteiger partial charge in [0.05, 0.1) is 0 Å². The molecule has 1 heteroatoms. The van der Waals surface area contributed by atoms with Gasteiger partial charge in [0.1, 0.15) is 0 Å². The van der Waals surface area contributed by atoms with Crippen molar-refractivity contribution in [1.82, 2.24) is 5.32 Å². The maximum atomic E-state index is 3.42. The Kier molecular flexibility index (Phi) is 2.16. The van der Waals surface area contributed by atoms with E-state index in [9.17, 15) is 0 Å². The lowest BCUT2D eigenvalue weighted by atomic mass is 9.56. The van der Waals surface area contributed by atoms with Crippen molar-refractivity contribution < 1.29 is 0 Å². The van der Waals surface area contributed by atoms with E-state index in [1.54, 1.807) is 0 Å². The Morgan fingerprint density at radius 3 is 2.33 bits per heavy atom. The van der Waals surface area contributed by atoms with Crippen LogP contribution >= 0.6 is 0 Å². The van der Waals surface area contributed by atoms with Gasteiger partial charge < -0.3 is 5.32 Å². The van der Waals surface area contributed by atoms with Crippen LogP contribution in [-0.2, 0) is 0 Å². The molecule has 1 spiro atoms. The summed E-state index contributed by atoms with van der Waals surface area (Å²) in [6.07, 6.45) is 9.01. The van der Waals surface area contributed by atoms with Crippen LogP contribution in [0, 0.1) is 11.3 Å². The standard InChI is InChI=1S/C11H21N/c1-9(12-2)10-5-8-11(10)6-3-4-7-11/h9-10,12H,3-8H2,1-2H3. The molecule has 2 aliphatic rings. The molecule has 0 aromatic rings. The normalized spacial score (nSPS) is 35.0. The first-order valence-corrected chi connectivity index (χ1v) is 5.46. The van der Waals surface area contributed by atoms with Crippen LogP contribution in [-0.4, -0.2) is 13.1 Å². The van der Waals surface area contributed by atoms with Gasteiger partial charge in [-0.25, -0.2) is 0 Å². The predicted octanol–water partition coefficient (Wildman–Crippen LogP) is 2.56. The van der Waals surface area contributed by atoms with Crippen molar-refractivity contribution in [2.24, 2.45) is 11.3 Å². The molecule has 0 saturated heterocycles. The average molecular weight is 167 g/mol. The first-order chi connectivity index (χ1) is 5.78. The molecule has 0 heterocycles. The van der Waals surface area contributed by atoms with Crippen molar-refractivity contribution in [3.05, 3.63) is 0 Å². The second-order valence-corrected chi connectivity index (χ2v) is 4.79. The highest BCUT2D eigenvalue weighted by Gasteiger charge is 2.49. The maximum Gasteiger partial charge on any atom is 0.00693 e. The van der Waals surface area contributed by atoms with Crippen molar-refractivity contribution in [3.63, 3.8) is 0 Å². The number of nitrogens with one attached hydrogen (secondary N) is 1. The van der Waals surface area contributed by atoms with Crippen LogP contribution in [0.4, 0.5) is 0 Å². The fraction of sp³-hybridized carbons (Fsp3) is 1.00. The SMILES string of the molecule is CNC(C)C1CCC12CCCC2. The zero-order chi connectivity index (χ0) is 8.60. The monoisotopic (exact) mass is 167 g/mol. The summed E-state index contributed by atoms with van der Waals surface area (Å²) in [6.45, 7) is 2.35. The Morgan fingerprint density at radius 2 is 1.92 bits per heavy atom. The first-order valence-electron chi connectivity index (χ1n) is 5.46. The van der Waals surface area contributed by atoms with Gasteiger partial charge in [0.2, 0.25) is 0 Å². The van der Waals surface area contributed by atoms with Crippen molar-refractivity contribution in [2.75, 3.05) is 7.05 Å². The summed E-state index contributed by atoms with van der Waals surface area (Å²) in [7, 11) is 2.10. The lowest BCUT2D eigenvalue weighted by Crippen LogP contribution is -2.48. The zero-order valence-electron chi connectivity index (χ0n) is 8.40. The molecule has 2 rings (SSSR count). The van der Waals surface area contributed by atoms with Crippen LogP contribution in [0.5, 0.6) is 0 Å². The highest BCUT2D eigenvalue weighted by molar-refractivity contribution is 5.01. The molecule has 0 radical (unpaired) electrons. The minimum Gasteiger partial charge on any atom is -0.317 e. The van der Waals surface area contributed by atoms with E-state index in [0.717, 1.165) is 17.4 Å². The van der Waals surface area contributed by atoms with Gasteiger partial charge in [-0.1, -0.05) is 12.8 Å². The molecule has 2 fully saturated rings. The van der Waals surface area contributed by atoms with Gasteiger partial charge >= 0.3 is 0 Å². The fourth-order valence-electron chi connectivity index (χ4n) is 3.40. The third kappa shape index (κ3) is 1.10. The summed E-state index contributed by atoms with van der Waals surface area (Å²) in [4.78, 5) is 0. The smallest absolute Gasteiger partial charge is 0.00693 e. The summed E-state index contributed by atoms with van der Waals surface area (Å²) in [6, 6.07) is 0.747. The molecule has 0 aromatic heterocycles. The van der Waals surface area contributed by atoms with E-state index >= 15 is 0 Å². The maximum absolute atomic E-state index is 3.42. The molecule has 0 aliphatic heterocycles. The lowest BCUT2D eigenvalue weighted by molar-refractivity contribution is 0.0139. The van der Waals surface area contributed by atoms with Crippen molar-refractivity contribution >= 4 is 0 Å². The first kappa shape index (κ1) is 8.55. The van der Waals surface area contributed by atoms with Crippen LogP contribution in [0.2, 0.25) is 0 Å². The molecular weight excluding hydrogens is 146 g/mol. The Bertz CT molecular complexity index is 158. The van der Waals surface area contributed by atoms with Crippen LogP contribution < -0.4 is 5.32 Å². The van der Waals surface area contributed by atoms with Crippen molar-refractivity contribution in [2.45, 2.75) is 51.5 Å². The summed E-state index contributed by atoms with van der Waals surface area (Å²) in [5.41, 5.74) is 0.794. The Balaban J connectivity index is 1.99. The van der Waals surface area contributed by atoms with E-state index < -0.39 is 0 Å². The van der Waals surface area contributed by atoms with E-state index in [4.69, 9.17) is 0 Å². The molecule has 1 nitrogen and oxygen atoms in total. The van der Waals surface area contributed by atoms with Crippen LogP contribution in [0.1, 0.15) is 45.4 Å². The molecule has 0 amide bonds. The van der Waals surface area contributed by atoms with E-state index in [1.165, 1.54) is 38.5 Å². The van der Waals surface area contributed by atoms with Crippen LogP contribution in [0.15, 0.2) is 0 Å². The Labute approximate surface area is 75.9 Å². The van der Waals surface area contributed by atoms with Gasteiger partial charge in [0.15, 0.2) is 0 Å². The third-order valence-corrected chi connectivity index (χ3v) is 4.40. The highest BCUT2D eigenvalue weighted by atomic mass is 14.9. The van der Waals surface area contributed by atoms with E-state index in [2.05, 4.69) is 19.3 Å². The quantitative estimate of drug-likeness (QED) is 0.666. The van der Waals surface area contributed by atoms with Crippen molar-refractivity contribution in [1.29, 1.82) is 0 Å². The molecule has 0 aromatic carbocycles. The second-order valence-electron chi connectivity index (χ2n) is 4.79. The minimum absolute atomic E-state index is 0.747. The third-order valence-electron chi connectivity index (χ3n) is 4.40. The van der Waals surface area contributed by atoms with Crippen LogP contribution in [0.25, 0.3) is 0 Å². The fourth-order valence-corrected chi connectivity index (χ4v) is 3.40. The summed E-state index contributed by atoms with van der Waals surface area (Å²) in [5, 5.41) is 3.42. The molecule has 2 aliphatic carbocycles. The molecular formula is C11H21N.